The Morgan fingerprint density at radius 1 is 1.00 bits per heavy atom. The normalized spacial score (nSPS) is 10.1. The minimum Gasteiger partial charge on any atom is -0.493 e. The number of carbonyl (C=O) groups excluding carboxylic acids is 2. The molecule has 3 amide bonds. The quantitative estimate of drug-likeness (QED) is 0.277. The molecule has 0 atom stereocenters. The summed E-state index contributed by atoms with van der Waals surface area (Å²) in [5, 5.41) is 13.4. The highest BCUT2D eigenvalue weighted by atomic mass is 16.5. The van der Waals surface area contributed by atoms with Crippen LogP contribution in [0.25, 0.3) is 10.9 Å². The Labute approximate surface area is 206 Å². The van der Waals surface area contributed by atoms with E-state index in [0.717, 1.165) is 10.4 Å². The monoisotopic (exact) mass is 483 g/mol. The molecule has 1 aromatic heterocycles. The van der Waals surface area contributed by atoms with E-state index in [1.165, 1.54) is 6.07 Å². The van der Waals surface area contributed by atoms with Crippen molar-refractivity contribution in [2.75, 3.05) is 24.5 Å². The predicted molar refractivity (Wildman–Crippen MR) is 133 cm³/mol. The van der Waals surface area contributed by atoms with Crippen LogP contribution in [0, 0.1) is 11.3 Å². The van der Waals surface area contributed by atoms with Gasteiger partial charge in [-0.1, -0.05) is 6.07 Å². The standard InChI is InChI=1S/C26H21N5O5/c1-34-24-13-21-22(14-25(24)35-2)28-11-10-23(21)36-20-8-6-18(7-9-20)29-26(33)30-31(16-32)19-5-3-4-17(12-19)15-27/h3-14,16H,1-2H3,(H2,29,30,33). The number of nitrogens with one attached hydrogen (secondary N) is 2. The smallest absolute Gasteiger partial charge is 0.338 e. The van der Waals surface area contributed by atoms with Gasteiger partial charge in [0.05, 0.1) is 37.1 Å². The number of hydrogen-bond donors (Lipinski definition) is 2. The lowest BCUT2D eigenvalue weighted by Crippen LogP contribution is -2.43. The molecule has 0 radical (unpaired) electrons. The topological polar surface area (TPSA) is 126 Å². The molecule has 4 aromatic rings. The highest BCUT2D eigenvalue weighted by Gasteiger charge is 2.13. The summed E-state index contributed by atoms with van der Waals surface area (Å²) in [4.78, 5) is 28.2. The Kier molecular flexibility index (Phi) is 7.12. The van der Waals surface area contributed by atoms with E-state index in [9.17, 15) is 9.59 Å². The summed E-state index contributed by atoms with van der Waals surface area (Å²) >= 11 is 0. The Hall–Kier alpha value is -5.30. The maximum atomic E-state index is 12.4. The van der Waals surface area contributed by atoms with Gasteiger partial charge in [-0.05, 0) is 54.6 Å². The van der Waals surface area contributed by atoms with Crippen LogP contribution in [0.4, 0.5) is 16.2 Å². The van der Waals surface area contributed by atoms with Gasteiger partial charge in [0.1, 0.15) is 11.5 Å². The first kappa shape index (κ1) is 23.8. The van der Waals surface area contributed by atoms with Gasteiger partial charge in [0.15, 0.2) is 11.5 Å². The van der Waals surface area contributed by atoms with Gasteiger partial charge in [0.25, 0.3) is 0 Å². The van der Waals surface area contributed by atoms with E-state index in [0.29, 0.717) is 51.9 Å². The van der Waals surface area contributed by atoms with Crippen LogP contribution in [0.2, 0.25) is 0 Å². The van der Waals surface area contributed by atoms with E-state index in [4.69, 9.17) is 19.5 Å². The third kappa shape index (κ3) is 5.26. The van der Waals surface area contributed by atoms with Gasteiger partial charge >= 0.3 is 6.03 Å². The van der Waals surface area contributed by atoms with Gasteiger partial charge in [-0.15, -0.1) is 0 Å². The number of nitriles is 1. The summed E-state index contributed by atoms with van der Waals surface area (Å²) in [7, 11) is 3.11. The first-order valence-corrected chi connectivity index (χ1v) is 10.7. The molecule has 2 N–H and O–H groups in total. The highest BCUT2D eigenvalue weighted by molar-refractivity contribution is 5.93. The Morgan fingerprint density at radius 2 is 1.75 bits per heavy atom. The number of aromatic nitrogens is 1. The Bertz CT molecular complexity index is 1450. The van der Waals surface area contributed by atoms with Crippen molar-refractivity contribution in [1.29, 1.82) is 5.26 Å². The number of anilines is 2. The fraction of sp³-hybridized carbons (Fsp3) is 0.0769. The average Bonchev–Trinajstić information content (AvgIpc) is 2.92. The Morgan fingerprint density at radius 3 is 2.44 bits per heavy atom. The van der Waals surface area contributed by atoms with Crippen LogP contribution in [0.15, 0.2) is 72.9 Å². The van der Waals surface area contributed by atoms with E-state index in [2.05, 4.69) is 15.7 Å². The maximum absolute atomic E-state index is 12.4. The largest absolute Gasteiger partial charge is 0.493 e. The molecule has 0 aliphatic carbocycles. The van der Waals surface area contributed by atoms with Crippen LogP contribution in [-0.4, -0.2) is 31.6 Å². The molecule has 4 rings (SSSR count). The van der Waals surface area contributed by atoms with Crippen LogP contribution in [0.5, 0.6) is 23.0 Å². The minimum absolute atomic E-state index is 0.349. The van der Waals surface area contributed by atoms with Gasteiger partial charge in [-0.3, -0.25) is 9.78 Å². The van der Waals surface area contributed by atoms with E-state index < -0.39 is 6.03 Å². The summed E-state index contributed by atoms with van der Waals surface area (Å²) in [6, 6.07) is 19.6. The highest BCUT2D eigenvalue weighted by Crippen LogP contribution is 2.37. The van der Waals surface area contributed by atoms with Crippen LogP contribution in [0.1, 0.15) is 5.56 Å². The SMILES string of the molecule is COc1cc2nccc(Oc3ccc(NC(=O)NN(C=O)c4cccc(C#N)c4)cc3)c2cc1OC. The third-order valence-electron chi connectivity index (χ3n) is 5.13. The number of pyridine rings is 1. The van der Waals surface area contributed by atoms with Gasteiger partial charge < -0.3 is 19.5 Å². The lowest BCUT2D eigenvalue weighted by molar-refractivity contribution is -0.107. The van der Waals surface area contributed by atoms with E-state index in [-0.39, 0.29) is 0 Å². The summed E-state index contributed by atoms with van der Waals surface area (Å²) < 4.78 is 16.8. The zero-order valence-corrected chi connectivity index (χ0v) is 19.4. The van der Waals surface area contributed by atoms with E-state index in [1.54, 1.807) is 81.1 Å². The molecule has 0 spiro atoms. The third-order valence-corrected chi connectivity index (χ3v) is 5.13. The summed E-state index contributed by atoms with van der Waals surface area (Å²) in [5.41, 5.74) is 4.29. The number of urea groups is 1. The zero-order valence-electron chi connectivity index (χ0n) is 19.4. The second-order valence-electron chi connectivity index (χ2n) is 7.36. The summed E-state index contributed by atoms with van der Waals surface area (Å²) in [6.07, 6.45) is 2.07. The van der Waals surface area contributed by atoms with Crippen LogP contribution in [0.3, 0.4) is 0 Å². The minimum atomic E-state index is -0.640. The van der Waals surface area contributed by atoms with Gasteiger partial charge in [0.2, 0.25) is 6.41 Å². The second-order valence-corrected chi connectivity index (χ2v) is 7.36. The number of amides is 3. The lowest BCUT2D eigenvalue weighted by atomic mass is 10.2. The molecule has 36 heavy (non-hydrogen) atoms. The number of hydrazine groups is 1. The second kappa shape index (κ2) is 10.8. The molecule has 0 aliphatic rings. The molecule has 0 unspecified atom stereocenters. The number of rotatable bonds is 8. The molecular weight excluding hydrogens is 462 g/mol. The van der Waals surface area contributed by atoms with E-state index in [1.807, 2.05) is 6.07 Å². The van der Waals surface area contributed by atoms with Crippen molar-refractivity contribution in [3.63, 3.8) is 0 Å². The van der Waals surface area contributed by atoms with Crippen molar-refractivity contribution in [2.45, 2.75) is 0 Å². The number of carbonyl (C=O) groups is 2. The number of fused-ring (bicyclic) bond motifs is 1. The zero-order chi connectivity index (χ0) is 25.5. The molecule has 0 bridgehead atoms. The molecule has 10 heteroatoms. The van der Waals surface area contributed by atoms with Crippen molar-refractivity contribution in [1.82, 2.24) is 10.4 Å². The van der Waals surface area contributed by atoms with Crippen molar-refractivity contribution >= 4 is 34.7 Å². The molecule has 0 saturated carbocycles. The molecule has 1 heterocycles. The molecular formula is C26H21N5O5. The number of methoxy groups -OCH3 is 2. The number of nitrogens with zero attached hydrogens (tertiary/aromatic N) is 3. The number of benzene rings is 3. The fourth-order valence-electron chi connectivity index (χ4n) is 3.42. The van der Waals surface area contributed by atoms with Gasteiger partial charge in [0, 0.05) is 23.3 Å². The van der Waals surface area contributed by atoms with Crippen molar-refractivity contribution in [3.05, 3.63) is 78.5 Å². The van der Waals surface area contributed by atoms with Crippen molar-refractivity contribution < 1.29 is 23.8 Å². The van der Waals surface area contributed by atoms with E-state index >= 15 is 0 Å². The lowest BCUT2D eigenvalue weighted by Gasteiger charge is -2.19. The van der Waals surface area contributed by atoms with Gasteiger partial charge in [-0.25, -0.2) is 15.2 Å². The summed E-state index contributed by atoms with van der Waals surface area (Å²) in [6.45, 7) is 0. The average molecular weight is 483 g/mol. The number of hydrogen-bond acceptors (Lipinski definition) is 7. The van der Waals surface area contributed by atoms with Crippen molar-refractivity contribution in [3.8, 4) is 29.1 Å². The first-order chi connectivity index (χ1) is 17.5. The first-order valence-electron chi connectivity index (χ1n) is 10.7. The van der Waals surface area contributed by atoms with Crippen LogP contribution >= 0.6 is 0 Å². The summed E-state index contributed by atoms with van der Waals surface area (Å²) in [5.74, 6) is 2.22. The Balaban J connectivity index is 1.45. The molecule has 0 aliphatic heterocycles. The predicted octanol–water partition coefficient (Wildman–Crippen LogP) is 4.62. The van der Waals surface area contributed by atoms with Crippen LogP contribution < -0.4 is 30.0 Å². The molecule has 0 saturated heterocycles. The fourth-order valence-corrected chi connectivity index (χ4v) is 3.42. The number of ether oxygens (including phenoxy) is 3. The maximum Gasteiger partial charge on any atom is 0.338 e. The van der Waals surface area contributed by atoms with Crippen LogP contribution in [-0.2, 0) is 4.79 Å². The van der Waals surface area contributed by atoms with Crippen molar-refractivity contribution in [2.24, 2.45) is 0 Å². The molecule has 10 nitrogen and oxygen atoms in total. The molecule has 180 valence electrons. The molecule has 3 aromatic carbocycles. The van der Waals surface area contributed by atoms with Gasteiger partial charge in [-0.2, -0.15) is 5.26 Å². The molecule has 0 fully saturated rings.